The Hall–Kier alpha value is -3.77. The molecule has 0 bridgehead atoms. The normalized spacial score (nSPS) is 13.6. The van der Waals surface area contributed by atoms with Crippen molar-refractivity contribution in [3.05, 3.63) is 93.5 Å². The molecule has 2 heterocycles. The maximum atomic E-state index is 14.7. The molecule has 1 N–H and O–H groups in total. The number of carboxylic acid groups (broad SMARTS) is 1. The first-order valence-electron chi connectivity index (χ1n) is 10.8. The van der Waals surface area contributed by atoms with Crippen molar-refractivity contribution in [2.45, 2.75) is 26.8 Å². The maximum absolute atomic E-state index is 14.7. The van der Waals surface area contributed by atoms with Gasteiger partial charge in [-0.1, -0.05) is 41.5 Å². The summed E-state index contributed by atoms with van der Waals surface area (Å²) in [6, 6.07) is 10.6. The number of carbonyl (C=O) groups excluding carboxylic acids is 1. The van der Waals surface area contributed by atoms with Crippen LogP contribution in [-0.4, -0.2) is 26.4 Å². The number of aromatic carboxylic acids is 1. The van der Waals surface area contributed by atoms with Crippen molar-refractivity contribution in [1.82, 2.24) is 9.55 Å². The highest BCUT2D eigenvalue weighted by Crippen LogP contribution is 2.36. The highest BCUT2D eigenvalue weighted by Gasteiger charge is 2.29. The van der Waals surface area contributed by atoms with Crippen LogP contribution >= 0.6 is 11.6 Å². The standard InChI is InChI=1S/C27H20ClFN2O3/c1-14-7-8-21-16(9-14)11-17(26(28)30-21)13-31-22-12-20(29)15(2)10-19(22)24(25(31)27(33)34)18-5-3-4-6-23(18)32/h3-5,7-12H,6,13H2,1-2H3,(H,33,34). The first kappa shape index (κ1) is 22.0. The number of fused-ring (bicyclic) bond motifs is 2. The van der Waals surface area contributed by atoms with E-state index < -0.39 is 11.8 Å². The minimum atomic E-state index is -1.21. The number of halogens is 2. The summed E-state index contributed by atoms with van der Waals surface area (Å²) < 4.78 is 16.2. The van der Waals surface area contributed by atoms with Gasteiger partial charge in [-0.15, -0.1) is 0 Å². The van der Waals surface area contributed by atoms with Crippen molar-refractivity contribution >= 4 is 50.7 Å². The summed E-state index contributed by atoms with van der Waals surface area (Å²) in [7, 11) is 0. The Balaban J connectivity index is 1.81. The van der Waals surface area contributed by atoms with Crippen LogP contribution in [0.5, 0.6) is 0 Å². The fraction of sp³-hybridized carbons (Fsp3) is 0.148. The SMILES string of the molecule is Cc1ccc2nc(Cl)c(Cn3c(C(=O)O)c(C4=CC=CCC4=O)c4cc(C)c(F)cc43)cc2c1. The molecule has 0 spiro atoms. The molecule has 5 rings (SSSR count). The van der Waals surface area contributed by atoms with Crippen LogP contribution in [0.4, 0.5) is 4.39 Å². The molecule has 0 saturated heterocycles. The third-order valence-electron chi connectivity index (χ3n) is 6.14. The van der Waals surface area contributed by atoms with Gasteiger partial charge in [-0.3, -0.25) is 4.79 Å². The van der Waals surface area contributed by atoms with E-state index in [1.807, 2.05) is 31.2 Å². The monoisotopic (exact) mass is 474 g/mol. The summed E-state index contributed by atoms with van der Waals surface area (Å²) >= 11 is 6.49. The van der Waals surface area contributed by atoms with Crippen LogP contribution in [0.1, 0.15) is 39.2 Å². The molecule has 0 saturated carbocycles. The van der Waals surface area contributed by atoms with Gasteiger partial charge in [-0.25, -0.2) is 14.2 Å². The third kappa shape index (κ3) is 3.60. The van der Waals surface area contributed by atoms with Gasteiger partial charge in [-0.05, 0) is 49.7 Å². The van der Waals surface area contributed by atoms with E-state index in [4.69, 9.17) is 11.6 Å². The van der Waals surface area contributed by atoms with E-state index in [2.05, 4.69) is 4.98 Å². The van der Waals surface area contributed by atoms with Crippen molar-refractivity contribution < 1.29 is 19.1 Å². The fourth-order valence-electron chi connectivity index (χ4n) is 4.50. The largest absolute Gasteiger partial charge is 0.477 e. The minimum absolute atomic E-state index is 0.0493. The number of allylic oxidation sites excluding steroid dienone is 4. The predicted octanol–water partition coefficient (Wildman–Crippen LogP) is 6.26. The Morgan fingerprint density at radius 2 is 2.00 bits per heavy atom. The number of hydrogen-bond acceptors (Lipinski definition) is 3. The van der Waals surface area contributed by atoms with Gasteiger partial charge in [0.2, 0.25) is 0 Å². The summed E-state index contributed by atoms with van der Waals surface area (Å²) in [5.74, 6) is -1.86. The lowest BCUT2D eigenvalue weighted by atomic mass is 9.93. The number of aromatic nitrogens is 2. The number of carbonyl (C=O) groups is 2. The van der Waals surface area contributed by atoms with Crippen LogP contribution in [-0.2, 0) is 11.3 Å². The Morgan fingerprint density at radius 3 is 2.74 bits per heavy atom. The summed E-state index contributed by atoms with van der Waals surface area (Å²) in [5.41, 5.74) is 3.61. The first-order valence-corrected chi connectivity index (χ1v) is 11.1. The number of pyridine rings is 1. The number of benzene rings is 2. The number of hydrogen-bond donors (Lipinski definition) is 1. The van der Waals surface area contributed by atoms with Crippen LogP contribution in [0, 0.1) is 19.7 Å². The molecule has 0 atom stereocenters. The lowest BCUT2D eigenvalue weighted by molar-refractivity contribution is -0.113. The van der Waals surface area contributed by atoms with Crippen LogP contribution in [0.2, 0.25) is 5.15 Å². The van der Waals surface area contributed by atoms with Gasteiger partial charge in [0.05, 0.1) is 17.6 Å². The second-order valence-electron chi connectivity index (χ2n) is 8.50. The molecule has 2 aromatic heterocycles. The molecule has 0 fully saturated rings. The highest BCUT2D eigenvalue weighted by atomic mass is 35.5. The molecule has 0 radical (unpaired) electrons. The molecule has 5 nitrogen and oxygen atoms in total. The van der Waals surface area contributed by atoms with Crippen molar-refractivity contribution in [3.8, 4) is 0 Å². The lowest BCUT2D eigenvalue weighted by Crippen LogP contribution is -2.14. The predicted molar refractivity (Wildman–Crippen MR) is 131 cm³/mol. The number of carboxylic acids is 1. The van der Waals surface area contributed by atoms with Gasteiger partial charge in [0.15, 0.2) is 5.78 Å². The van der Waals surface area contributed by atoms with E-state index in [-0.39, 0.29) is 29.6 Å². The van der Waals surface area contributed by atoms with Gasteiger partial charge >= 0.3 is 5.97 Å². The molecule has 1 aliphatic rings. The Bertz CT molecular complexity index is 1600. The Kier molecular flexibility index (Phi) is 5.33. The average molecular weight is 475 g/mol. The zero-order valence-corrected chi connectivity index (χ0v) is 19.3. The lowest BCUT2D eigenvalue weighted by Gasteiger charge is -2.13. The average Bonchev–Trinajstić information content (AvgIpc) is 3.08. The van der Waals surface area contributed by atoms with Crippen molar-refractivity contribution in [2.75, 3.05) is 0 Å². The number of nitrogens with zero attached hydrogens (tertiary/aromatic N) is 2. The highest BCUT2D eigenvalue weighted by molar-refractivity contribution is 6.30. The second kappa shape index (κ2) is 8.22. The smallest absolute Gasteiger partial charge is 0.353 e. The minimum Gasteiger partial charge on any atom is -0.477 e. The fourth-order valence-corrected chi connectivity index (χ4v) is 4.70. The van der Waals surface area contributed by atoms with Crippen LogP contribution in [0.3, 0.4) is 0 Å². The van der Waals surface area contributed by atoms with Crippen LogP contribution in [0.15, 0.2) is 54.6 Å². The van der Waals surface area contributed by atoms with Crippen LogP contribution < -0.4 is 0 Å². The van der Waals surface area contributed by atoms with Crippen molar-refractivity contribution in [1.29, 1.82) is 0 Å². The summed E-state index contributed by atoms with van der Waals surface area (Å²) in [4.78, 5) is 29.7. The second-order valence-corrected chi connectivity index (χ2v) is 8.86. The maximum Gasteiger partial charge on any atom is 0.353 e. The van der Waals surface area contributed by atoms with E-state index in [1.165, 1.54) is 10.6 Å². The van der Waals surface area contributed by atoms with E-state index in [1.54, 1.807) is 31.2 Å². The zero-order valence-electron chi connectivity index (χ0n) is 18.5. The molecular formula is C27H20ClFN2O3. The van der Waals surface area contributed by atoms with E-state index in [0.717, 1.165) is 16.5 Å². The molecule has 0 unspecified atom stereocenters. The van der Waals surface area contributed by atoms with E-state index in [9.17, 15) is 19.1 Å². The van der Waals surface area contributed by atoms with Crippen molar-refractivity contribution in [3.63, 3.8) is 0 Å². The summed E-state index contributed by atoms with van der Waals surface area (Å²) in [5, 5.41) is 11.8. The van der Waals surface area contributed by atoms with Crippen molar-refractivity contribution in [2.24, 2.45) is 0 Å². The molecule has 7 heteroatoms. The van der Waals surface area contributed by atoms with E-state index >= 15 is 0 Å². The van der Waals surface area contributed by atoms with Gasteiger partial charge in [-0.2, -0.15) is 0 Å². The molecule has 170 valence electrons. The number of ketones is 1. The summed E-state index contributed by atoms with van der Waals surface area (Å²) in [6.45, 7) is 3.63. The molecule has 0 aliphatic heterocycles. The first-order chi connectivity index (χ1) is 16.2. The third-order valence-corrected chi connectivity index (χ3v) is 6.47. The topological polar surface area (TPSA) is 72.2 Å². The summed E-state index contributed by atoms with van der Waals surface area (Å²) in [6.07, 6.45) is 5.24. The molecule has 4 aromatic rings. The van der Waals surface area contributed by atoms with Crippen LogP contribution in [0.25, 0.3) is 27.4 Å². The van der Waals surface area contributed by atoms with Gasteiger partial charge in [0, 0.05) is 33.9 Å². The van der Waals surface area contributed by atoms with Gasteiger partial charge in [0.1, 0.15) is 16.7 Å². The molecule has 0 amide bonds. The molecule has 1 aliphatic carbocycles. The van der Waals surface area contributed by atoms with Gasteiger partial charge < -0.3 is 9.67 Å². The Morgan fingerprint density at radius 1 is 1.21 bits per heavy atom. The molecular weight excluding hydrogens is 455 g/mol. The number of aryl methyl sites for hydroxylation is 2. The van der Waals surface area contributed by atoms with E-state index in [0.29, 0.717) is 33.2 Å². The number of rotatable bonds is 4. The number of Topliss-reactive ketones (excluding diaryl/α,β-unsaturated/α-hetero) is 1. The molecule has 34 heavy (non-hydrogen) atoms. The molecule has 2 aromatic carbocycles. The van der Waals surface area contributed by atoms with Gasteiger partial charge in [0.25, 0.3) is 0 Å². The Labute approximate surface area is 199 Å². The quantitative estimate of drug-likeness (QED) is 0.354. The zero-order chi connectivity index (χ0) is 24.1.